The molecule has 2 aliphatic rings. The van der Waals surface area contributed by atoms with Gasteiger partial charge in [0, 0.05) is 6.54 Å². The molecule has 1 aliphatic heterocycles. The molecule has 7 heteroatoms. The summed E-state index contributed by atoms with van der Waals surface area (Å²) in [7, 11) is 0. The van der Waals surface area contributed by atoms with Gasteiger partial charge in [0.05, 0.1) is 0 Å². The number of halogens is 3. The molecule has 1 saturated heterocycles. The van der Waals surface area contributed by atoms with Crippen molar-refractivity contribution in [2.24, 2.45) is 5.41 Å². The number of alkyl halides is 3. The molecule has 1 spiro atoms. The monoisotopic (exact) mass is 279 g/mol. The minimum absolute atomic E-state index is 0.0810. The second-order valence-electron chi connectivity index (χ2n) is 5.53. The Bertz CT molecular complexity index is 388. The van der Waals surface area contributed by atoms with E-state index in [0.717, 1.165) is 25.7 Å². The van der Waals surface area contributed by atoms with Crippen LogP contribution in [0.2, 0.25) is 0 Å². The maximum atomic E-state index is 12.6. The lowest BCUT2D eigenvalue weighted by Gasteiger charge is -2.43. The zero-order valence-electron chi connectivity index (χ0n) is 10.4. The van der Waals surface area contributed by atoms with Gasteiger partial charge in [-0.15, -0.1) is 0 Å². The molecular weight excluding hydrogens is 263 g/mol. The molecule has 4 nitrogen and oxygen atoms in total. The SMILES string of the molecule is O=C(O)C1CCC2(CCCC2)CN1C(=O)C(F)(F)F. The van der Waals surface area contributed by atoms with Gasteiger partial charge in [-0.05, 0) is 31.1 Å². The molecule has 1 unspecified atom stereocenters. The van der Waals surface area contributed by atoms with Crippen molar-refractivity contribution in [2.75, 3.05) is 6.54 Å². The number of piperidine rings is 1. The number of carbonyl (C=O) groups is 2. The molecule has 1 atom stereocenters. The first-order valence-corrected chi connectivity index (χ1v) is 6.36. The summed E-state index contributed by atoms with van der Waals surface area (Å²) in [6, 6.07) is -1.35. The zero-order chi connectivity index (χ0) is 14.3. The van der Waals surface area contributed by atoms with Gasteiger partial charge < -0.3 is 10.0 Å². The highest BCUT2D eigenvalue weighted by Gasteiger charge is 2.51. The first-order valence-electron chi connectivity index (χ1n) is 6.36. The molecule has 1 heterocycles. The van der Waals surface area contributed by atoms with Crippen LogP contribution in [0.25, 0.3) is 0 Å². The highest BCUT2D eigenvalue weighted by atomic mass is 19.4. The van der Waals surface area contributed by atoms with E-state index in [1.807, 2.05) is 0 Å². The van der Waals surface area contributed by atoms with Crippen LogP contribution in [0.4, 0.5) is 13.2 Å². The molecule has 2 fully saturated rings. The fraction of sp³-hybridized carbons (Fsp3) is 0.833. The van der Waals surface area contributed by atoms with Crippen LogP contribution >= 0.6 is 0 Å². The van der Waals surface area contributed by atoms with E-state index < -0.39 is 24.1 Å². The molecule has 1 N–H and O–H groups in total. The van der Waals surface area contributed by atoms with Crippen molar-refractivity contribution in [2.45, 2.75) is 50.7 Å². The summed E-state index contributed by atoms with van der Waals surface area (Å²) in [5.41, 5.74) is -0.299. The second kappa shape index (κ2) is 4.68. The Balaban J connectivity index is 2.22. The van der Waals surface area contributed by atoms with Crippen LogP contribution in [-0.4, -0.2) is 40.6 Å². The van der Waals surface area contributed by atoms with Gasteiger partial charge in [-0.25, -0.2) is 4.79 Å². The fourth-order valence-corrected chi connectivity index (χ4v) is 3.32. The maximum absolute atomic E-state index is 12.6. The first-order chi connectivity index (χ1) is 8.75. The molecule has 0 aromatic heterocycles. The molecule has 1 amide bonds. The van der Waals surface area contributed by atoms with E-state index in [1.165, 1.54) is 0 Å². The molecule has 108 valence electrons. The Morgan fingerprint density at radius 2 is 1.74 bits per heavy atom. The van der Waals surface area contributed by atoms with Gasteiger partial charge in [0.1, 0.15) is 6.04 Å². The van der Waals surface area contributed by atoms with Gasteiger partial charge in [0.25, 0.3) is 0 Å². The molecule has 0 bridgehead atoms. The highest BCUT2D eigenvalue weighted by molar-refractivity contribution is 5.87. The molecule has 19 heavy (non-hydrogen) atoms. The Morgan fingerprint density at radius 1 is 1.16 bits per heavy atom. The molecule has 2 rings (SSSR count). The summed E-state index contributed by atoms with van der Waals surface area (Å²) in [6.07, 6.45) is -0.882. The number of likely N-dealkylation sites (tertiary alicyclic amines) is 1. The Hall–Kier alpha value is -1.27. The van der Waals surface area contributed by atoms with Gasteiger partial charge >= 0.3 is 18.1 Å². The third-order valence-electron chi connectivity index (χ3n) is 4.28. The lowest BCUT2D eigenvalue weighted by molar-refractivity contribution is -0.194. The number of rotatable bonds is 1. The van der Waals surface area contributed by atoms with Gasteiger partial charge in [-0.2, -0.15) is 13.2 Å². The van der Waals surface area contributed by atoms with Gasteiger partial charge in [-0.1, -0.05) is 12.8 Å². The number of hydrogen-bond donors (Lipinski definition) is 1. The minimum atomic E-state index is -5.01. The Kier molecular flexibility index (Phi) is 3.49. The topological polar surface area (TPSA) is 57.6 Å². The summed E-state index contributed by atoms with van der Waals surface area (Å²) in [6.45, 7) is -0.0810. The Morgan fingerprint density at radius 3 is 2.21 bits per heavy atom. The molecule has 1 saturated carbocycles. The van der Waals surface area contributed by atoms with E-state index in [2.05, 4.69) is 0 Å². The molecular formula is C12H16F3NO3. The lowest BCUT2D eigenvalue weighted by Crippen LogP contribution is -2.57. The largest absolute Gasteiger partial charge is 0.480 e. The van der Waals surface area contributed by atoms with Crippen molar-refractivity contribution >= 4 is 11.9 Å². The van der Waals surface area contributed by atoms with Gasteiger partial charge in [0.2, 0.25) is 0 Å². The number of hydrogen-bond acceptors (Lipinski definition) is 2. The maximum Gasteiger partial charge on any atom is 0.471 e. The van der Waals surface area contributed by atoms with E-state index >= 15 is 0 Å². The Labute approximate surface area is 108 Å². The van der Waals surface area contributed by atoms with E-state index in [0.29, 0.717) is 11.3 Å². The first kappa shape index (κ1) is 14.1. The summed E-state index contributed by atoms with van der Waals surface area (Å²) in [5.74, 6) is -3.38. The van der Waals surface area contributed by atoms with Crippen molar-refractivity contribution in [3.8, 4) is 0 Å². The summed E-state index contributed by atoms with van der Waals surface area (Å²) < 4.78 is 37.7. The smallest absolute Gasteiger partial charge is 0.471 e. The highest BCUT2D eigenvalue weighted by Crippen LogP contribution is 2.46. The van der Waals surface area contributed by atoms with Crippen LogP contribution in [0, 0.1) is 5.41 Å². The van der Waals surface area contributed by atoms with Crippen molar-refractivity contribution in [3.63, 3.8) is 0 Å². The number of aliphatic carboxylic acids is 1. The number of nitrogens with zero attached hydrogens (tertiary/aromatic N) is 1. The van der Waals surface area contributed by atoms with E-state index in [4.69, 9.17) is 5.11 Å². The van der Waals surface area contributed by atoms with Gasteiger partial charge in [-0.3, -0.25) is 4.79 Å². The second-order valence-corrected chi connectivity index (χ2v) is 5.53. The third kappa shape index (κ3) is 2.69. The molecule has 0 radical (unpaired) electrons. The van der Waals surface area contributed by atoms with E-state index in [9.17, 15) is 22.8 Å². The summed E-state index contributed by atoms with van der Waals surface area (Å²) >= 11 is 0. The van der Waals surface area contributed by atoms with Crippen molar-refractivity contribution in [1.82, 2.24) is 4.90 Å². The molecule has 1 aliphatic carbocycles. The third-order valence-corrected chi connectivity index (χ3v) is 4.28. The average Bonchev–Trinajstić information content (AvgIpc) is 2.74. The quantitative estimate of drug-likeness (QED) is 0.800. The number of amides is 1. The predicted octanol–water partition coefficient (Wildman–Crippen LogP) is 2.18. The molecule has 0 aromatic carbocycles. The van der Waals surface area contributed by atoms with Crippen LogP contribution in [0.1, 0.15) is 38.5 Å². The van der Waals surface area contributed by atoms with Gasteiger partial charge in [0.15, 0.2) is 0 Å². The minimum Gasteiger partial charge on any atom is -0.480 e. The van der Waals surface area contributed by atoms with Crippen LogP contribution in [0.15, 0.2) is 0 Å². The van der Waals surface area contributed by atoms with Crippen molar-refractivity contribution in [1.29, 1.82) is 0 Å². The average molecular weight is 279 g/mol. The summed E-state index contributed by atoms with van der Waals surface area (Å²) in [5, 5.41) is 8.99. The van der Waals surface area contributed by atoms with Crippen LogP contribution < -0.4 is 0 Å². The number of carbonyl (C=O) groups excluding carboxylic acids is 1. The predicted molar refractivity (Wildman–Crippen MR) is 59.3 cm³/mol. The number of carboxylic acid groups (broad SMARTS) is 1. The van der Waals surface area contributed by atoms with Crippen LogP contribution in [0.3, 0.4) is 0 Å². The van der Waals surface area contributed by atoms with E-state index in [-0.39, 0.29) is 18.4 Å². The van der Waals surface area contributed by atoms with Crippen molar-refractivity contribution in [3.05, 3.63) is 0 Å². The lowest BCUT2D eigenvalue weighted by atomic mass is 9.76. The fourth-order valence-electron chi connectivity index (χ4n) is 3.32. The normalized spacial score (nSPS) is 26.7. The molecule has 0 aromatic rings. The standard InChI is InChI=1S/C12H16F3NO3/c13-12(14,15)10(19)16-7-11(4-1-2-5-11)6-3-8(16)9(17)18/h8H,1-7H2,(H,17,18). The van der Waals surface area contributed by atoms with E-state index in [1.54, 1.807) is 0 Å². The summed E-state index contributed by atoms with van der Waals surface area (Å²) in [4.78, 5) is 23.0. The number of carboxylic acids is 1. The van der Waals surface area contributed by atoms with Crippen LogP contribution in [-0.2, 0) is 9.59 Å². The zero-order valence-corrected chi connectivity index (χ0v) is 10.4. The van der Waals surface area contributed by atoms with Crippen molar-refractivity contribution < 1.29 is 27.9 Å². The van der Waals surface area contributed by atoms with Crippen LogP contribution in [0.5, 0.6) is 0 Å².